The van der Waals surface area contributed by atoms with Crippen LogP contribution in [-0.4, -0.2) is 43.2 Å². The molecule has 0 unspecified atom stereocenters. The number of likely N-dealkylation sites (N-methyl/N-ethyl adjacent to an activating group) is 1. The van der Waals surface area contributed by atoms with Gasteiger partial charge in [-0.15, -0.1) is 0 Å². The van der Waals surface area contributed by atoms with Crippen molar-refractivity contribution >= 4 is 5.97 Å². The van der Waals surface area contributed by atoms with E-state index in [0.29, 0.717) is 0 Å². The maximum Gasteiger partial charge on any atom is 0.303 e. The molecule has 1 aliphatic carbocycles. The van der Waals surface area contributed by atoms with Crippen LogP contribution in [0.5, 0.6) is 5.75 Å². The van der Waals surface area contributed by atoms with Gasteiger partial charge in [0.2, 0.25) is 0 Å². The smallest absolute Gasteiger partial charge is 0.303 e. The van der Waals surface area contributed by atoms with Crippen molar-refractivity contribution < 1.29 is 14.3 Å². The maximum atomic E-state index is 11.9. The zero-order valence-corrected chi connectivity index (χ0v) is 14.8. The molecule has 4 heteroatoms. The summed E-state index contributed by atoms with van der Waals surface area (Å²) >= 11 is 0. The lowest BCUT2D eigenvalue weighted by molar-refractivity contribution is -0.188. The fourth-order valence-electron chi connectivity index (χ4n) is 4.96. The van der Waals surface area contributed by atoms with Crippen molar-refractivity contribution in [2.75, 3.05) is 20.7 Å². The van der Waals surface area contributed by atoms with Crippen molar-refractivity contribution in [1.29, 1.82) is 0 Å². The third kappa shape index (κ3) is 2.18. The first-order chi connectivity index (χ1) is 10.9. The van der Waals surface area contributed by atoms with Gasteiger partial charge in [-0.25, -0.2) is 0 Å². The first kappa shape index (κ1) is 16.3. The number of hydrogen-bond donors (Lipinski definition) is 0. The zero-order valence-electron chi connectivity index (χ0n) is 14.8. The molecule has 23 heavy (non-hydrogen) atoms. The third-order valence-corrected chi connectivity index (χ3v) is 6.21. The summed E-state index contributed by atoms with van der Waals surface area (Å²) in [5, 5.41) is 0. The second-order valence-electron chi connectivity index (χ2n) is 7.11. The van der Waals surface area contributed by atoms with Crippen molar-refractivity contribution in [1.82, 2.24) is 4.90 Å². The summed E-state index contributed by atoms with van der Waals surface area (Å²) in [5.74, 6) is 0.677. The van der Waals surface area contributed by atoms with Gasteiger partial charge in [0.25, 0.3) is 0 Å². The molecule has 1 heterocycles. The summed E-state index contributed by atoms with van der Waals surface area (Å²) in [6.45, 7) is 6.87. The monoisotopic (exact) mass is 317 g/mol. The van der Waals surface area contributed by atoms with E-state index in [9.17, 15) is 4.79 Å². The summed E-state index contributed by atoms with van der Waals surface area (Å²) in [5.41, 5.74) is 1.99. The minimum Gasteiger partial charge on any atom is -0.497 e. The Morgan fingerprint density at radius 1 is 1.43 bits per heavy atom. The van der Waals surface area contributed by atoms with Gasteiger partial charge in [0.1, 0.15) is 11.4 Å². The van der Waals surface area contributed by atoms with Crippen LogP contribution in [0.2, 0.25) is 0 Å². The van der Waals surface area contributed by atoms with E-state index >= 15 is 0 Å². The van der Waals surface area contributed by atoms with E-state index < -0.39 is 5.60 Å². The molecule has 0 radical (unpaired) electrons. The van der Waals surface area contributed by atoms with Gasteiger partial charge in [-0.2, -0.15) is 0 Å². The lowest BCUT2D eigenvalue weighted by Crippen LogP contribution is -2.70. The Morgan fingerprint density at radius 2 is 2.17 bits per heavy atom. The lowest BCUT2D eigenvalue weighted by atomic mass is 9.54. The van der Waals surface area contributed by atoms with E-state index in [-0.39, 0.29) is 17.4 Å². The Bertz CT molecular complexity index is 629. The van der Waals surface area contributed by atoms with Crippen LogP contribution in [-0.2, 0) is 21.4 Å². The summed E-state index contributed by atoms with van der Waals surface area (Å²) in [6, 6.07) is 6.58. The second-order valence-corrected chi connectivity index (χ2v) is 7.11. The van der Waals surface area contributed by atoms with E-state index in [1.807, 2.05) is 6.07 Å². The third-order valence-electron chi connectivity index (χ3n) is 6.21. The molecule has 1 aliphatic heterocycles. The highest BCUT2D eigenvalue weighted by molar-refractivity contribution is 5.67. The number of esters is 1. The number of piperidine rings is 1. The van der Waals surface area contributed by atoms with E-state index in [4.69, 9.17) is 9.47 Å². The number of carbonyl (C=O) groups excluding carboxylic acids is 1. The SMILES string of the molecule is CC[C@]12CCN(C)[C@@H](Cc3ccc(OC)cc31)[C@@]2(C)OC(C)=O. The molecule has 0 N–H and O–H groups in total. The number of likely N-dealkylation sites (tertiary alicyclic amines) is 1. The zero-order chi connectivity index (χ0) is 16.8. The molecule has 2 bridgehead atoms. The topological polar surface area (TPSA) is 38.8 Å². The minimum atomic E-state index is -0.514. The Hall–Kier alpha value is -1.55. The van der Waals surface area contributed by atoms with E-state index in [1.54, 1.807) is 7.11 Å². The molecular weight excluding hydrogens is 290 g/mol. The van der Waals surface area contributed by atoms with Crippen LogP contribution in [0.25, 0.3) is 0 Å². The Balaban J connectivity index is 2.23. The second kappa shape index (κ2) is 5.52. The molecule has 126 valence electrons. The predicted octanol–water partition coefficient (Wildman–Crippen LogP) is 2.93. The number of methoxy groups -OCH3 is 1. The van der Waals surface area contributed by atoms with Gasteiger partial charge in [-0.05, 0) is 63.0 Å². The molecule has 0 spiro atoms. The molecule has 1 aromatic rings. The number of carbonyl (C=O) groups is 1. The van der Waals surface area contributed by atoms with E-state index in [2.05, 4.69) is 37.9 Å². The van der Waals surface area contributed by atoms with Gasteiger partial charge in [-0.1, -0.05) is 13.0 Å². The number of benzene rings is 1. The van der Waals surface area contributed by atoms with Crippen LogP contribution in [0, 0.1) is 0 Å². The highest BCUT2D eigenvalue weighted by Crippen LogP contribution is 2.55. The van der Waals surface area contributed by atoms with Gasteiger partial charge < -0.3 is 9.47 Å². The van der Waals surface area contributed by atoms with Crippen molar-refractivity contribution in [2.24, 2.45) is 0 Å². The van der Waals surface area contributed by atoms with Crippen molar-refractivity contribution in [2.45, 2.75) is 57.1 Å². The summed E-state index contributed by atoms with van der Waals surface area (Å²) in [4.78, 5) is 14.2. The van der Waals surface area contributed by atoms with Crippen LogP contribution in [0.3, 0.4) is 0 Å². The van der Waals surface area contributed by atoms with Gasteiger partial charge in [0.05, 0.1) is 13.2 Å². The standard InChI is InChI=1S/C19H27NO3/c1-6-19-9-10-20(4)17(18(19,3)23-13(2)21)11-14-7-8-15(22-5)12-16(14)19/h7-8,12,17H,6,9-11H2,1-5H3/t17-,18+,19-/m0/s1. The number of fused-ring (bicyclic) bond motifs is 4. The fourth-order valence-corrected chi connectivity index (χ4v) is 4.96. The molecule has 0 saturated carbocycles. The number of rotatable bonds is 3. The summed E-state index contributed by atoms with van der Waals surface area (Å²) in [6.07, 6.45) is 2.84. The minimum absolute atomic E-state index is 0.155. The Morgan fingerprint density at radius 3 is 2.78 bits per heavy atom. The average molecular weight is 317 g/mol. The first-order valence-corrected chi connectivity index (χ1v) is 8.45. The van der Waals surface area contributed by atoms with Gasteiger partial charge in [0, 0.05) is 12.3 Å². The molecule has 0 amide bonds. The van der Waals surface area contributed by atoms with Gasteiger partial charge >= 0.3 is 5.97 Å². The molecular formula is C19H27NO3. The van der Waals surface area contributed by atoms with Crippen molar-refractivity contribution in [3.05, 3.63) is 29.3 Å². The molecule has 1 saturated heterocycles. The van der Waals surface area contributed by atoms with Crippen LogP contribution in [0.4, 0.5) is 0 Å². The number of nitrogens with zero attached hydrogens (tertiary/aromatic N) is 1. The first-order valence-electron chi connectivity index (χ1n) is 8.45. The number of hydrogen-bond acceptors (Lipinski definition) is 4. The fraction of sp³-hybridized carbons (Fsp3) is 0.632. The lowest BCUT2D eigenvalue weighted by Gasteiger charge is -2.61. The molecule has 1 aromatic carbocycles. The summed E-state index contributed by atoms with van der Waals surface area (Å²) in [7, 11) is 3.84. The van der Waals surface area contributed by atoms with Crippen LogP contribution < -0.4 is 4.74 Å². The molecule has 0 aromatic heterocycles. The molecule has 2 aliphatic rings. The molecule has 3 atom stereocenters. The Labute approximate surface area is 138 Å². The van der Waals surface area contributed by atoms with Crippen LogP contribution >= 0.6 is 0 Å². The van der Waals surface area contributed by atoms with Crippen molar-refractivity contribution in [3.8, 4) is 5.75 Å². The Kier molecular flexibility index (Phi) is 3.91. The van der Waals surface area contributed by atoms with Crippen molar-refractivity contribution in [3.63, 3.8) is 0 Å². The molecule has 4 nitrogen and oxygen atoms in total. The maximum absolute atomic E-state index is 11.9. The number of ether oxygens (including phenoxy) is 2. The van der Waals surface area contributed by atoms with Gasteiger partial charge in [-0.3, -0.25) is 9.69 Å². The summed E-state index contributed by atoms with van der Waals surface area (Å²) < 4.78 is 11.5. The van der Waals surface area contributed by atoms with E-state index in [1.165, 1.54) is 18.1 Å². The molecule has 3 rings (SSSR count). The van der Waals surface area contributed by atoms with Gasteiger partial charge in [0.15, 0.2) is 0 Å². The largest absolute Gasteiger partial charge is 0.497 e. The molecule has 1 fully saturated rings. The highest BCUT2D eigenvalue weighted by atomic mass is 16.6. The highest BCUT2D eigenvalue weighted by Gasteiger charge is 2.61. The quantitative estimate of drug-likeness (QED) is 0.804. The van der Waals surface area contributed by atoms with E-state index in [0.717, 1.165) is 31.6 Å². The van der Waals surface area contributed by atoms with Crippen LogP contribution in [0.1, 0.15) is 44.7 Å². The predicted molar refractivity (Wildman–Crippen MR) is 89.9 cm³/mol. The normalized spacial score (nSPS) is 33.0. The van der Waals surface area contributed by atoms with Crippen LogP contribution in [0.15, 0.2) is 18.2 Å². The average Bonchev–Trinajstić information content (AvgIpc) is 2.50.